The molecule has 1 aliphatic heterocycles. The fourth-order valence-corrected chi connectivity index (χ4v) is 4.03. The molecule has 1 saturated heterocycles. The maximum atomic E-state index is 12.9. The predicted octanol–water partition coefficient (Wildman–Crippen LogP) is 3.23. The minimum absolute atomic E-state index is 0.0842. The molecule has 1 atom stereocenters. The van der Waals surface area contributed by atoms with Crippen LogP contribution in [0.1, 0.15) is 64.4 Å². The van der Waals surface area contributed by atoms with Gasteiger partial charge in [-0.05, 0) is 36.5 Å². The van der Waals surface area contributed by atoms with Crippen LogP contribution in [-0.2, 0) is 14.4 Å². The Balaban J connectivity index is 1.84. The monoisotopic (exact) mass is 342 g/mol. The Bertz CT molecular complexity index is 675. The number of amides is 3. The van der Waals surface area contributed by atoms with Crippen molar-refractivity contribution in [3.8, 4) is 0 Å². The molecule has 5 heteroatoms. The number of rotatable bonds is 4. The van der Waals surface area contributed by atoms with Crippen LogP contribution < -0.4 is 4.90 Å². The summed E-state index contributed by atoms with van der Waals surface area (Å²) in [5, 5.41) is 0. The van der Waals surface area contributed by atoms with Gasteiger partial charge in [0.2, 0.25) is 11.8 Å². The van der Waals surface area contributed by atoms with Crippen molar-refractivity contribution < 1.29 is 14.4 Å². The first-order valence-electron chi connectivity index (χ1n) is 9.15. The smallest absolute Gasteiger partial charge is 0.257 e. The Labute approximate surface area is 149 Å². The fraction of sp³-hybridized carbons (Fsp3) is 0.550. The molecule has 1 aromatic rings. The van der Waals surface area contributed by atoms with Gasteiger partial charge in [-0.1, -0.05) is 38.8 Å². The second-order valence-corrected chi connectivity index (χ2v) is 7.40. The number of hydrogen-bond donors (Lipinski definition) is 0. The molecule has 1 heterocycles. The van der Waals surface area contributed by atoms with E-state index in [1.165, 1.54) is 11.8 Å². The Morgan fingerprint density at radius 2 is 1.72 bits per heavy atom. The second kappa shape index (κ2) is 6.98. The Kier molecular flexibility index (Phi) is 4.93. The highest BCUT2D eigenvalue weighted by Gasteiger charge is 2.46. The number of anilines is 1. The summed E-state index contributed by atoms with van der Waals surface area (Å²) in [5.41, 5.74) is 1.76. The van der Waals surface area contributed by atoms with Crippen molar-refractivity contribution in [1.29, 1.82) is 0 Å². The van der Waals surface area contributed by atoms with Crippen LogP contribution in [0.4, 0.5) is 5.69 Å². The van der Waals surface area contributed by atoms with E-state index in [0.717, 1.165) is 31.2 Å². The summed E-state index contributed by atoms with van der Waals surface area (Å²) >= 11 is 0. The van der Waals surface area contributed by atoms with Gasteiger partial charge in [-0.25, -0.2) is 4.90 Å². The first kappa shape index (κ1) is 17.6. The third kappa shape index (κ3) is 3.32. The molecule has 134 valence electrons. The van der Waals surface area contributed by atoms with Crippen molar-refractivity contribution in [2.24, 2.45) is 0 Å². The van der Waals surface area contributed by atoms with Gasteiger partial charge >= 0.3 is 0 Å². The molecule has 2 aliphatic rings. The Hall–Kier alpha value is -2.17. The predicted molar refractivity (Wildman–Crippen MR) is 96.2 cm³/mol. The molecule has 0 N–H and O–H groups in total. The average molecular weight is 342 g/mol. The number of imide groups is 1. The molecule has 1 aliphatic carbocycles. The Morgan fingerprint density at radius 1 is 1.12 bits per heavy atom. The van der Waals surface area contributed by atoms with Gasteiger partial charge in [0.1, 0.15) is 6.04 Å². The van der Waals surface area contributed by atoms with E-state index >= 15 is 0 Å². The molecule has 1 unspecified atom stereocenters. The molecule has 25 heavy (non-hydrogen) atoms. The molecule has 5 nitrogen and oxygen atoms in total. The summed E-state index contributed by atoms with van der Waals surface area (Å²) in [5.74, 6) is -0.224. The molecule has 0 aromatic heterocycles. The largest absolute Gasteiger partial charge is 0.327 e. The standard InChI is InChI=1S/C20H26N2O3/c1-13(2)15-8-10-17(11-9-15)22-19(24)12-18(20(22)25)21(14(3)23)16-6-4-5-7-16/h8-11,13,16,18H,4-7,12H2,1-3H3. The maximum Gasteiger partial charge on any atom is 0.257 e. The van der Waals surface area contributed by atoms with Gasteiger partial charge in [-0.3, -0.25) is 14.4 Å². The van der Waals surface area contributed by atoms with Crippen molar-refractivity contribution in [3.05, 3.63) is 29.8 Å². The summed E-state index contributed by atoms with van der Waals surface area (Å²) in [4.78, 5) is 40.6. The SMILES string of the molecule is CC(=O)N(C1CCCC1)C1CC(=O)N(c2ccc(C(C)C)cc2)C1=O. The lowest BCUT2D eigenvalue weighted by molar-refractivity contribution is -0.139. The molecule has 1 aromatic carbocycles. The van der Waals surface area contributed by atoms with E-state index in [9.17, 15) is 14.4 Å². The van der Waals surface area contributed by atoms with E-state index in [-0.39, 0.29) is 30.2 Å². The number of benzene rings is 1. The topological polar surface area (TPSA) is 57.7 Å². The van der Waals surface area contributed by atoms with E-state index < -0.39 is 6.04 Å². The first-order valence-corrected chi connectivity index (χ1v) is 9.15. The zero-order valence-electron chi connectivity index (χ0n) is 15.2. The average Bonchev–Trinajstić information content (AvgIpc) is 3.17. The molecule has 0 bridgehead atoms. The molecule has 0 radical (unpaired) electrons. The maximum absolute atomic E-state index is 12.9. The molecule has 2 fully saturated rings. The highest BCUT2D eigenvalue weighted by atomic mass is 16.2. The quantitative estimate of drug-likeness (QED) is 0.789. The van der Waals surface area contributed by atoms with Crippen LogP contribution in [0.25, 0.3) is 0 Å². The van der Waals surface area contributed by atoms with Gasteiger partial charge in [0.15, 0.2) is 0 Å². The van der Waals surface area contributed by atoms with Crippen molar-refractivity contribution >= 4 is 23.4 Å². The molecular weight excluding hydrogens is 316 g/mol. The van der Waals surface area contributed by atoms with Crippen LogP contribution in [0.3, 0.4) is 0 Å². The van der Waals surface area contributed by atoms with E-state index in [0.29, 0.717) is 11.6 Å². The molecule has 0 spiro atoms. The normalized spacial score (nSPS) is 21.4. The van der Waals surface area contributed by atoms with Gasteiger partial charge in [0.25, 0.3) is 5.91 Å². The lowest BCUT2D eigenvalue weighted by Crippen LogP contribution is -2.49. The lowest BCUT2D eigenvalue weighted by atomic mass is 10.0. The summed E-state index contributed by atoms with van der Waals surface area (Å²) in [6.07, 6.45) is 4.06. The summed E-state index contributed by atoms with van der Waals surface area (Å²) in [6, 6.07) is 6.98. The van der Waals surface area contributed by atoms with Gasteiger partial charge in [-0.2, -0.15) is 0 Å². The van der Waals surface area contributed by atoms with Crippen molar-refractivity contribution in [3.63, 3.8) is 0 Å². The third-order valence-electron chi connectivity index (χ3n) is 5.36. The van der Waals surface area contributed by atoms with Crippen LogP contribution in [0.15, 0.2) is 24.3 Å². The van der Waals surface area contributed by atoms with Crippen LogP contribution in [-0.4, -0.2) is 34.7 Å². The number of carbonyl (C=O) groups is 3. The number of carbonyl (C=O) groups excluding carboxylic acids is 3. The minimum Gasteiger partial charge on any atom is -0.327 e. The summed E-state index contributed by atoms with van der Waals surface area (Å²) in [7, 11) is 0. The van der Waals surface area contributed by atoms with E-state index in [1.54, 1.807) is 4.90 Å². The number of hydrogen-bond acceptors (Lipinski definition) is 3. The molecule has 3 rings (SSSR count). The molecule has 3 amide bonds. The van der Waals surface area contributed by atoms with Gasteiger partial charge in [-0.15, -0.1) is 0 Å². The Morgan fingerprint density at radius 3 is 2.24 bits per heavy atom. The highest BCUT2D eigenvalue weighted by Crippen LogP contribution is 2.32. The van der Waals surface area contributed by atoms with Crippen molar-refractivity contribution in [1.82, 2.24) is 4.90 Å². The van der Waals surface area contributed by atoms with Crippen LogP contribution in [0.2, 0.25) is 0 Å². The zero-order valence-corrected chi connectivity index (χ0v) is 15.2. The summed E-state index contributed by atoms with van der Waals surface area (Å²) < 4.78 is 0. The van der Waals surface area contributed by atoms with Crippen LogP contribution >= 0.6 is 0 Å². The lowest BCUT2D eigenvalue weighted by Gasteiger charge is -2.32. The van der Waals surface area contributed by atoms with Gasteiger partial charge in [0.05, 0.1) is 12.1 Å². The molecular formula is C20H26N2O3. The van der Waals surface area contributed by atoms with Crippen molar-refractivity contribution in [2.45, 2.75) is 70.9 Å². The van der Waals surface area contributed by atoms with Gasteiger partial charge in [0, 0.05) is 13.0 Å². The zero-order chi connectivity index (χ0) is 18.1. The second-order valence-electron chi connectivity index (χ2n) is 7.40. The van der Waals surface area contributed by atoms with Crippen LogP contribution in [0, 0.1) is 0 Å². The van der Waals surface area contributed by atoms with E-state index in [2.05, 4.69) is 13.8 Å². The first-order chi connectivity index (χ1) is 11.9. The molecule has 1 saturated carbocycles. The third-order valence-corrected chi connectivity index (χ3v) is 5.36. The van der Waals surface area contributed by atoms with Crippen LogP contribution in [0.5, 0.6) is 0 Å². The fourth-order valence-electron chi connectivity index (χ4n) is 4.03. The van der Waals surface area contributed by atoms with Gasteiger partial charge < -0.3 is 4.90 Å². The highest BCUT2D eigenvalue weighted by molar-refractivity contribution is 6.23. The van der Waals surface area contributed by atoms with E-state index in [1.807, 2.05) is 24.3 Å². The summed E-state index contributed by atoms with van der Waals surface area (Å²) in [6.45, 7) is 5.70. The van der Waals surface area contributed by atoms with E-state index in [4.69, 9.17) is 0 Å². The minimum atomic E-state index is -0.655. The van der Waals surface area contributed by atoms with Crippen molar-refractivity contribution in [2.75, 3.05) is 4.90 Å². The number of nitrogens with zero attached hydrogens (tertiary/aromatic N) is 2.